The number of hydrogen-bond donors (Lipinski definition) is 1. The Morgan fingerprint density at radius 3 is 2.22 bits per heavy atom. The number of benzene rings is 3. The number of nitrogens with one attached hydrogen (secondary N) is 1. The molecule has 0 saturated heterocycles. The second-order valence-corrected chi connectivity index (χ2v) is 6.09. The Morgan fingerprint density at radius 2 is 1.48 bits per heavy atom. The molecule has 0 radical (unpaired) electrons. The molecule has 0 aliphatic carbocycles. The van der Waals surface area contributed by atoms with Gasteiger partial charge in [0, 0.05) is 5.56 Å². The highest BCUT2D eigenvalue weighted by atomic mass is 19.4. The van der Waals surface area contributed by atoms with Crippen LogP contribution < -0.4 is 5.56 Å². The van der Waals surface area contributed by atoms with Gasteiger partial charge in [-0.3, -0.25) is 4.79 Å². The van der Waals surface area contributed by atoms with Crippen molar-refractivity contribution in [3.05, 3.63) is 88.7 Å². The van der Waals surface area contributed by atoms with E-state index in [0.29, 0.717) is 5.56 Å². The number of hydrogen-bond acceptors (Lipinski definition) is 2. The maximum absolute atomic E-state index is 13.0. The zero-order valence-electron chi connectivity index (χ0n) is 13.9. The summed E-state index contributed by atoms with van der Waals surface area (Å²) >= 11 is 0. The second kappa shape index (κ2) is 6.39. The first-order valence-electron chi connectivity index (χ1n) is 8.19. The summed E-state index contributed by atoms with van der Waals surface area (Å²) in [5.74, 6) is 0.226. The Hall–Kier alpha value is -3.41. The normalized spacial score (nSPS) is 11.7. The monoisotopic (exact) mass is 366 g/mol. The van der Waals surface area contributed by atoms with Crippen molar-refractivity contribution in [3.63, 3.8) is 0 Å². The number of aromatic amines is 1. The van der Waals surface area contributed by atoms with Gasteiger partial charge in [-0.05, 0) is 35.4 Å². The number of alkyl halides is 3. The van der Waals surface area contributed by atoms with Crippen LogP contribution in [0.1, 0.15) is 5.56 Å². The van der Waals surface area contributed by atoms with E-state index in [9.17, 15) is 18.0 Å². The summed E-state index contributed by atoms with van der Waals surface area (Å²) in [6, 6.07) is 19.9. The maximum Gasteiger partial charge on any atom is 0.416 e. The molecule has 6 heteroatoms. The SMILES string of the molecule is O=c1[nH]c(-c2cccc(-c3ccccc3)c2)nc2cc(C(F)(F)F)ccc12. The molecule has 0 spiro atoms. The van der Waals surface area contributed by atoms with Crippen LogP contribution in [0.2, 0.25) is 0 Å². The lowest BCUT2D eigenvalue weighted by molar-refractivity contribution is -0.137. The van der Waals surface area contributed by atoms with Crippen molar-refractivity contribution in [2.45, 2.75) is 6.18 Å². The van der Waals surface area contributed by atoms with E-state index in [2.05, 4.69) is 9.97 Å². The van der Waals surface area contributed by atoms with Crippen LogP contribution in [-0.4, -0.2) is 9.97 Å². The molecule has 3 nitrogen and oxygen atoms in total. The summed E-state index contributed by atoms with van der Waals surface area (Å²) in [6.07, 6.45) is -4.49. The number of halogens is 3. The Bertz CT molecular complexity index is 1180. The van der Waals surface area contributed by atoms with Crippen molar-refractivity contribution in [2.24, 2.45) is 0 Å². The van der Waals surface area contributed by atoms with Crippen molar-refractivity contribution in [2.75, 3.05) is 0 Å². The van der Waals surface area contributed by atoms with Crippen LogP contribution in [0.25, 0.3) is 33.4 Å². The third-order valence-electron chi connectivity index (χ3n) is 4.28. The Balaban J connectivity index is 1.86. The molecule has 1 aromatic heterocycles. The topological polar surface area (TPSA) is 45.8 Å². The summed E-state index contributed by atoms with van der Waals surface area (Å²) in [5, 5.41) is 0.117. The van der Waals surface area contributed by atoms with E-state index in [1.165, 1.54) is 0 Å². The first kappa shape index (κ1) is 17.0. The highest BCUT2D eigenvalue weighted by Crippen LogP contribution is 2.31. The predicted molar refractivity (Wildman–Crippen MR) is 98.2 cm³/mol. The Morgan fingerprint density at radius 1 is 0.778 bits per heavy atom. The van der Waals surface area contributed by atoms with Crippen molar-refractivity contribution in [3.8, 4) is 22.5 Å². The molecule has 0 amide bonds. The van der Waals surface area contributed by atoms with Gasteiger partial charge >= 0.3 is 6.18 Å². The summed E-state index contributed by atoms with van der Waals surface area (Å²) in [6.45, 7) is 0. The number of H-pyrrole nitrogens is 1. The van der Waals surface area contributed by atoms with Crippen LogP contribution >= 0.6 is 0 Å². The molecule has 0 saturated carbocycles. The van der Waals surface area contributed by atoms with Gasteiger partial charge in [-0.25, -0.2) is 4.98 Å². The lowest BCUT2D eigenvalue weighted by Gasteiger charge is -2.09. The molecule has 1 heterocycles. The fraction of sp³-hybridized carbons (Fsp3) is 0.0476. The quantitative estimate of drug-likeness (QED) is 0.525. The maximum atomic E-state index is 13.0. The van der Waals surface area contributed by atoms with Gasteiger partial charge in [0.05, 0.1) is 16.5 Å². The summed E-state index contributed by atoms with van der Waals surface area (Å²) in [4.78, 5) is 19.2. The Kier molecular flexibility index (Phi) is 4.03. The largest absolute Gasteiger partial charge is 0.416 e. The minimum Gasteiger partial charge on any atom is -0.306 e. The number of aromatic nitrogens is 2. The molecule has 0 aliphatic rings. The highest BCUT2D eigenvalue weighted by Gasteiger charge is 2.30. The third kappa shape index (κ3) is 3.33. The summed E-state index contributed by atoms with van der Waals surface area (Å²) < 4.78 is 38.9. The summed E-state index contributed by atoms with van der Waals surface area (Å²) in [7, 11) is 0. The zero-order chi connectivity index (χ0) is 19.0. The van der Waals surface area contributed by atoms with E-state index in [1.807, 2.05) is 48.5 Å². The van der Waals surface area contributed by atoms with E-state index in [0.717, 1.165) is 29.3 Å². The molecule has 3 aromatic carbocycles. The van der Waals surface area contributed by atoms with Gasteiger partial charge in [0.1, 0.15) is 5.82 Å². The molecule has 0 unspecified atom stereocenters. The minimum atomic E-state index is -4.49. The molecular weight excluding hydrogens is 353 g/mol. The minimum absolute atomic E-state index is 0.00805. The second-order valence-electron chi connectivity index (χ2n) is 6.09. The average molecular weight is 366 g/mol. The van der Waals surface area contributed by atoms with Crippen molar-refractivity contribution in [1.82, 2.24) is 9.97 Å². The van der Waals surface area contributed by atoms with E-state index in [1.54, 1.807) is 6.07 Å². The average Bonchev–Trinajstić information content (AvgIpc) is 2.67. The van der Waals surface area contributed by atoms with Crippen LogP contribution in [0.5, 0.6) is 0 Å². The van der Waals surface area contributed by atoms with E-state index < -0.39 is 17.3 Å². The first-order valence-corrected chi connectivity index (χ1v) is 8.19. The zero-order valence-corrected chi connectivity index (χ0v) is 13.9. The van der Waals surface area contributed by atoms with Gasteiger partial charge in [-0.1, -0.05) is 48.5 Å². The fourth-order valence-electron chi connectivity index (χ4n) is 2.93. The first-order chi connectivity index (χ1) is 12.9. The van der Waals surface area contributed by atoms with E-state index >= 15 is 0 Å². The van der Waals surface area contributed by atoms with Crippen molar-refractivity contribution < 1.29 is 13.2 Å². The number of fused-ring (bicyclic) bond motifs is 1. The van der Waals surface area contributed by atoms with Crippen LogP contribution in [0.15, 0.2) is 77.6 Å². The molecule has 0 fully saturated rings. The number of rotatable bonds is 2. The van der Waals surface area contributed by atoms with Gasteiger partial charge < -0.3 is 4.98 Å². The number of nitrogens with zero attached hydrogens (tertiary/aromatic N) is 1. The summed E-state index contributed by atoms with van der Waals surface area (Å²) in [5.41, 5.74) is 1.22. The molecule has 0 aliphatic heterocycles. The van der Waals surface area contributed by atoms with E-state index in [4.69, 9.17) is 0 Å². The van der Waals surface area contributed by atoms with Gasteiger partial charge in [0.2, 0.25) is 0 Å². The van der Waals surface area contributed by atoms with Gasteiger partial charge in [0.25, 0.3) is 5.56 Å². The highest BCUT2D eigenvalue weighted by molar-refractivity contribution is 5.81. The van der Waals surface area contributed by atoms with Crippen LogP contribution in [0.3, 0.4) is 0 Å². The molecule has 134 valence electrons. The predicted octanol–water partition coefficient (Wildman–Crippen LogP) is 5.28. The molecule has 1 N–H and O–H groups in total. The van der Waals surface area contributed by atoms with Gasteiger partial charge in [-0.15, -0.1) is 0 Å². The molecule has 0 atom stereocenters. The Labute approximate surface area is 152 Å². The van der Waals surface area contributed by atoms with Crippen LogP contribution in [0, 0.1) is 0 Å². The lowest BCUT2D eigenvalue weighted by atomic mass is 10.0. The van der Waals surface area contributed by atoms with Gasteiger partial charge in [0.15, 0.2) is 0 Å². The molecular formula is C21H13F3N2O. The van der Waals surface area contributed by atoms with E-state index in [-0.39, 0.29) is 16.7 Å². The fourth-order valence-corrected chi connectivity index (χ4v) is 2.93. The smallest absolute Gasteiger partial charge is 0.306 e. The van der Waals surface area contributed by atoms with Gasteiger partial charge in [-0.2, -0.15) is 13.2 Å². The van der Waals surface area contributed by atoms with Crippen LogP contribution in [-0.2, 0) is 6.18 Å². The van der Waals surface area contributed by atoms with Crippen molar-refractivity contribution >= 4 is 10.9 Å². The van der Waals surface area contributed by atoms with Crippen molar-refractivity contribution in [1.29, 1.82) is 0 Å². The molecule has 4 rings (SSSR count). The van der Waals surface area contributed by atoms with Crippen LogP contribution in [0.4, 0.5) is 13.2 Å². The molecule has 27 heavy (non-hydrogen) atoms. The lowest BCUT2D eigenvalue weighted by Crippen LogP contribution is -2.11. The molecule has 0 bridgehead atoms. The molecule has 4 aromatic rings. The standard InChI is InChI=1S/C21H13F3N2O/c22-21(23,24)16-9-10-17-18(12-16)25-19(26-20(17)27)15-8-4-7-14(11-15)13-5-2-1-3-6-13/h1-12H,(H,25,26,27). The third-order valence-corrected chi connectivity index (χ3v) is 4.28.